The van der Waals surface area contributed by atoms with Crippen molar-refractivity contribution in [3.8, 4) is 11.6 Å². The number of benzene rings is 1. The number of pyridine rings is 1. The summed E-state index contributed by atoms with van der Waals surface area (Å²) in [5.41, 5.74) is 1.18. The van der Waals surface area contributed by atoms with Crippen LogP contribution in [-0.4, -0.2) is 43.2 Å². The lowest BCUT2D eigenvalue weighted by Crippen LogP contribution is -2.39. The van der Waals surface area contributed by atoms with E-state index in [0.29, 0.717) is 30.4 Å². The minimum atomic E-state index is -0.825. The summed E-state index contributed by atoms with van der Waals surface area (Å²) in [5.74, 6) is -1.19. The summed E-state index contributed by atoms with van der Waals surface area (Å²) in [6.45, 7) is 1.43. The van der Waals surface area contributed by atoms with Gasteiger partial charge in [-0.1, -0.05) is 0 Å². The number of carbonyl (C=O) groups is 2. The standard InChI is InChI=1S/C21H24FN3O5/c1-28-18-3-2-16(22)11-15(18)13-25-21(27)20(26)24-12-14-4-7-23-19(10-14)30-17-5-8-29-9-6-17/h2-4,7,10-11,17H,5-6,8-9,12-13H2,1H3,(H,24,26)(H,25,27). The van der Waals surface area contributed by atoms with E-state index in [0.717, 1.165) is 18.4 Å². The fourth-order valence-electron chi connectivity index (χ4n) is 2.99. The number of amides is 2. The van der Waals surface area contributed by atoms with Gasteiger partial charge in [-0.25, -0.2) is 9.37 Å². The van der Waals surface area contributed by atoms with Gasteiger partial charge in [0.05, 0.1) is 20.3 Å². The predicted octanol–water partition coefficient (Wildman–Crippen LogP) is 1.72. The van der Waals surface area contributed by atoms with Crippen LogP contribution in [0.15, 0.2) is 36.5 Å². The first-order valence-electron chi connectivity index (χ1n) is 9.63. The molecule has 1 aliphatic heterocycles. The van der Waals surface area contributed by atoms with Crippen molar-refractivity contribution in [1.29, 1.82) is 0 Å². The Morgan fingerprint density at radius 3 is 2.60 bits per heavy atom. The molecule has 0 radical (unpaired) electrons. The average Bonchev–Trinajstić information content (AvgIpc) is 2.77. The van der Waals surface area contributed by atoms with Crippen LogP contribution in [0, 0.1) is 5.82 Å². The van der Waals surface area contributed by atoms with Crippen molar-refractivity contribution in [2.75, 3.05) is 20.3 Å². The van der Waals surface area contributed by atoms with Gasteiger partial charge in [0.1, 0.15) is 17.7 Å². The highest BCUT2D eigenvalue weighted by atomic mass is 19.1. The van der Waals surface area contributed by atoms with Gasteiger partial charge in [-0.05, 0) is 29.8 Å². The molecule has 2 amide bonds. The molecule has 9 heteroatoms. The SMILES string of the molecule is COc1ccc(F)cc1CNC(=O)C(=O)NCc1ccnc(OC2CCOCC2)c1. The predicted molar refractivity (Wildman–Crippen MR) is 105 cm³/mol. The van der Waals surface area contributed by atoms with Crippen LogP contribution in [0.3, 0.4) is 0 Å². The Labute approximate surface area is 173 Å². The first kappa shape index (κ1) is 21.5. The molecule has 0 saturated carbocycles. The Morgan fingerprint density at radius 1 is 1.13 bits per heavy atom. The summed E-state index contributed by atoms with van der Waals surface area (Å²) in [5, 5.41) is 5.00. The second-order valence-electron chi connectivity index (χ2n) is 6.75. The fraction of sp³-hybridized carbons (Fsp3) is 0.381. The van der Waals surface area contributed by atoms with Gasteiger partial charge in [0, 0.05) is 43.8 Å². The van der Waals surface area contributed by atoms with Gasteiger partial charge >= 0.3 is 11.8 Å². The van der Waals surface area contributed by atoms with Crippen molar-refractivity contribution in [3.63, 3.8) is 0 Å². The first-order valence-corrected chi connectivity index (χ1v) is 9.63. The van der Waals surface area contributed by atoms with E-state index in [1.165, 1.54) is 25.3 Å². The van der Waals surface area contributed by atoms with Crippen molar-refractivity contribution in [3.05, 3.63) is 53.5 Å². The Balaban J connectivity index is 1.48. The van der Waals surface area contributed by atoms with Gasteiger partial charge in [0.25, 0.3) is 0 Å². The smallest absolute Gasteiger partial charge is 0.309 e. The zero-order chi connectivity index (χ0) is 21.3. The van der Waals surface area contributed by atoms with Crippen molar-refractivity contribution in [2.45, 2.75) is 32.0 Å². The molecule has 3 rings (SSSR count). The number of halogens is 1. The molecule has 0 spiro atoms. The zero-order valence-corrected chi connectivity index (χ0v) is 16.7. The number of ether oxygens (including phenoxy) is 3. The van der Waals surface area contributed by atoms with E-state index < -0.39 is 17.6 Å². The van der Waals surface area contributed by atoms with E-state index in [-0.39, 0.29) is 19.2 Å². The summed E-state index contributed by atoms with van der Waals surface area (Å²) in [7, 11) is 1.44. The summed E-state index contributed by atoms with van der Waals surface area (Å²) in [6.07, 6.45) is 3.26. The molecule has 8 nitrogen and oxygen atoms in total. The van der Waals surface area contributed by atoms with Gasteiger partial charge in [0.2, 0.25) is 5.88 Å². The third-order valence-corrected chi connectivity index (χ3v) is 4.60. The molecule has 1 saturated heterocycles. The molecule has 30 heavy (non-hydrogen) atoms. The molecule has 2 heterocycles. The van der Waals surface area contributed by atoms with E-state index >= 15 is 0 Å². The maximum Gasteiger partial charge on any atom is 0.309 e. The first-order chi connectivity index (χ1) is 14.5. The normalized spacial score (nSPS) is 14.1. The van der Waals surface area contributed by atoms with Crippen LogP contribution in [0.2, 0.25) is 0 Å². The highest BCUT2D eigenvalue weighted by Crippen LogP contribution is 2.19. The number of carbonyl (C=O) groups excluding carboxylic acids is 2. The van der Waals surface area contributed by atoms with E-state index in [2.05, 4.69) is 15.6 Å². The second-order valence-corrected chi connectivity index (χ2v) is 6.75. The fourth-order valence-corrected chi connectivity index (χ4v) is 2.99. The second kappa shape index (κ2) is 10.5. The summed E-state index contributed by atoms with van der Waals surface area (Å²) in [6, 6.07) is 7.41. The minimum absolute atomic E-state index is 0.0362. The van der Waals surface area contributed by atoms with Crippen LogP contribution >= 0.6 is 0 Å². The maximum atomic E-state index is 13.4. The number of nitrogens with zero attached hydrogens (tertiary/aromatic N) is 1. The van der Waals surface area contributed by atoms with E-state index in [9.17, 15) is 14.0 Å². The number of nitrogens with one attached hydrogen (secondary N) is 2. The molecule has 0 bridgehead atoms. The van der Waals surface area contributed by atoms with Crippen molar-refractivity contribution < 1.29 is 28.2 Å². The molecule has 1 fully saturated rings. The van der Waals surface area contributed by atoms with E-state index in [1.54, 1.807) is 18.3 Å². The molecule has 160 valence electrons. The monoisotopic (exact) mass is 417 g/mol. The molecule has 1 aromatic carbocycles. The van der Waals surface area contributed by atoms with Gasteiger partial charge in [-0.3, -0.25) is 9.59 Å². The molecule has 2 aromatic rings. The summed E-state index contributed by atoms with van der Waals surface area (Å²) < 4.78 is 29.7. The molecular weight excluding hydrogens is 393 g/mol. The van der Waals surface area contributed by atoms with Crippen LogP contribution in [0.4, 0.5) is 4.39 Å². The quantitative estimate of drug-likeness (QED) is 0.666. The van der Waals surface area contributed by atoms with Crippen molar-refractivity contribution in [2.24, 2.45) is 0 Å². The minimum Gasteiger partial charge on any atom is -0.496 e. The molecule has 0 aliphatic carbocycles. The molecule has 1 aliphatic rings. The Bertz CT molecular complexity index is 887. The Hall–Kier alpha value is -3.20. The summed E-state index contributed by atoms with van der Waals surface area (Å²) >= 11 is 0. The van der Waals surface area contributed by atoms with Gasteiger partial charge in [-0.15, -0.1) is 0 Å². The third kappa shape index (κ3) is 6.15. The third-order valence-electron chi connectivity index (χ3n) is 4.60. The Morgan fingerprint density at radius 2 is 1.87 bits per heavy atom. The lowest BCUT2D eigenvalue weighted by Gasteiger charge is -2.22. The van der Waals surface area contributed by atoms with Gasteiger partial charge in [-0.2, -0.15) is 0 Å². The van der Waals surface area contributed by atoms with Crippen LogP contribution in [0.1, 0.15) is 24.0 Å². The van der Waals surface area contributed by atoms with Gasteiger partial charge < -0.3 is 24.8 Å². The number of hydrogen-bond donors (Lipinski definition) is 2. The van der Waals surface area contributed by atoms with Gasteiger partial charge in [0.15, 0.2) is 0 Å². The van der Waals surface area contributed by atoms with E-state index in [1.807, 2.05) is 0 Å². The lowest BCUT2D eigenvalue weighted by atomic mass is 10.1. The number of aromatic nitrogens is 1. The van der Waals surface area contributed by atoms with Crippen molar-refractivity contribution >= 4 is 11.8 Å². The van der Waals surface area contributed by atoms with E-state index in [4.69, 9.17) is 14.2 Å². The van der Waals surface area contributed by atoms with Crippen LogP contribution in [0.25, 0.3) is 0 Å². The topological polar surface area (TPSA) is 98.8 Å². The Kier molecular flexibility index (Phi) is 7.56. The highest BCUT2D eigenvalue weighted by Gasteiger charge is 2.17. The molecule has 0 unspecified atom stereocenters. The zero-order valence-electron chi connectivity index (χ0n) is 16.7. The van der Waals surface area contributed by atoms with Crippen molar-refractivity contribution in [1.82, 2.24) is 15.6 Å². The maximum absolute atomic E-state index is 13.4. The van der Waals surface area contributed by atoms with Crippen LogP contribution in [0.5, 0.6) is 11.6 Å². The van der Waals surface area contributed by atoms with Crippen LogP contribution in [-0.2, 0) is 27.4 Å². The highest BCUT2D eigenvalue weighted by molar-refractivity contribution is 6.35. The number of methoxy groups -OCH3 is 1. The molecule has 2 N–H and O–H groups in total. The lowest BCUT2D eigenvalue weighted by molar-refractivity contribution is -0.139. The average molecular weight is 417 g/mol. The largest absolute Gasteiger partial charge is 0.496 e. The van der Waals surface area contributed by atoms with Crippen LogP contribution < -0.4 is 20.1 Å². The summed E-state index contributed by atoms with van der Waals surface area (Å²) in [4.78, 5) is 28.3. The molecule has 0 atom stereocenters. The molecular formula is C21H24FN3O5. The number of hydrogen-bond acceptors (Lipinski definition) is 6. The number of rotatable bonds is 7. The molecule has 1 aromatic heterocycles.